The number of hydrogen-bond donors (Lipinski definition) is 2. The summed E-state index contributed by atoms with van der Waals surface area (Å²) in [6.45, 7) is 3.81. The van der Waals surface area contributed by atoms with Crippen LogP contribution in [0.15, 0.2) is 36.4 Å². The molecule has 2 rings (SSSR count). The van der Waals surface area contributed by atoms with E-state index in [9.17, 15) is 9.90 Å². The molecule has 0 atom stereocenters. The average molecular weight is 276 g/mol. The molecule has 0 spiro atoms. The number of phenolic OH excluding ortho intramolecular Hbond substituents is 1. The summed E-state index contributed by atoms with van der Waals surface area (Å²) >= 11 is 5.96. The molecule has 2 aromatic rings. The van der Waals surface area contributed by atoms with Gasteiger partial charge in [-0.1, -0.05) is 23.7 Å². The Morgan fingerprint density at radius 1 is 1.16 bits per heavy atom. The normalized spacial score (nSPS) is 10.3. The molecule has 0 aliphatic carbocycles. The lowest BCUT2D eigenvalue weighted by Crippen LogP contribution is -2.12. The summed E-state index contributed by atoms with van der Waals surface area (Å²) in [6.07, 6.45) is 0. The number of benzene rings is 2. The number of nitrogens with one attached hydrogen (secondary N) is 1. The number of amides is 1. The molecular formula is C15H14ClNO2. The molecule has 0 aromatic heterocycles. The van der Waals surface area contributed by atoms with Gasteiger partial charge in [-0.05, 0) is 49.2 Å². The molecule has 0 aliphatic rings. The minimum atomic E-state index is -0.343. The summed E-state index contributed by atoms with van der Waals surface area (Å²) in [5, 5.41) is 12.9. The molecule has 0 aliphatic heterocycles. The largest absolute Gasteiger partial charge is 0.506 e. The lowest BCUT2D eigenvalue weighted by molar-refractivity contribution is 0.102. The Bertz CT molecular complexity index is 638. The van der Waals surface area contributed by atoms with E-state index in [-0.39, 0.29) is 11.7 Å². The maximum absolute atomic E-state index is 12.1. The molecule has 0 radical (unpaired) electrons. The predicted molar refractivity (Wildman–Crippen MR) is 77.0 cm³/mol. The van der Waals surface area contributed by atoms with E-state index in [4.69, 9.17) is 11.6 Å². The fraction of sp³-hybridized carbons (Fsp3) is 0.133. The van der Waals surface area contributed by atoms with Crippen molar-refractivity contribution in [3.8, 4) is 5.75 Å². The van der Waals surface area contributed by atoms with E-state index in [0.717, 1.165) is 11.1 Å². The summed E-state index contributed by atoms with van der Waals surface area (Å²) in [4.78, 5) is 12.1. The van der Waals surface area contributed by atoms with Gasteiger partial charge in [0.25, 0.3) is 5.91 Å². The number of aromatic hydroxyl groups is 1. The number of phenols is 1. The van der Waals surface area contributed by atoms with Gasteiger partial charge in [0.05, 0.1) is 16.3 Å². The zero-order valence-electron chi connectivity index (χ0n) is 10.7. The Labute approximate surface area is 116 Å². The van der Waals surface area contributed by atoms with Crippen molar-refractivity contribution in [2.75, 3.05) is 5.32 Å². The molecule has 0 fully saturated rings. The molecule has 0 heterocycles. The van der Waals surface area contributed by atoms with Gasteiger partial charge in [0.1, 0.15) is 5.75 Å². The van der Waals surface area contributed by atoms with Gasteiger partial charge in [-0.3, -0.25) is 4.79 Å². The molecule has 0 unspecified atom stereocenters. The van der Waals surface area contributed by atoms with Crippen molar-refractivity contribution in [3.63, 3.8) is 0 Å². The SMILES string of the molecule is Cc1cc(O)c(NC(=O)c2ccccc2Cl)cc1C. The van der Waals surface area contributed by atoms with Gasteiger partial charge >= 0.3 is 0 Å². The van der Waals surface area contributed by atoms with Crippen LogP contribution in [0.5, 0.6) is 5.75 Å². The van der Waals surface area contributed by atoms with Gasteiger partial charge < -0.3 is 10.4 Å². The summed E-state index contributed by atoms with van der Waals surface area (Å²) in [6, 6.07) is 10.1. The lowest BCUT2D eigenvalue weighted by Gasteiger charge is -2.10. The Morgan fingerprint density at radius 3 is 2.47 bits per heavy atom. The standard InChI is InChI=1S/C15H14ClNO2/c1-9-7-13(14(18)8-10(9)2)17-15(19)11-5-3-4-6-12(11)16/h3-8,18H,1-2H3,(H,17,19). The number of aryl methyl sites for hydroxylation is 2. The molecule has 0 saturated carbocycles. The highest BCUT2D eigenvalue weighted by atomic mass is 35.5. The van der Waals surface area contributed by atoms with Crippen LogP contribution in [-0.2, 0) is 0 Å². The van der Waals surface area contributed by atoms with Crippen LogP contribution in [0.2, 0.25) is 5.02 Å². The van der Waals surface area contributed by atoms with Crippen LogP contribution in [0.3, 0.4) is 0 Å². The first kappa shape index (κ1) is 13.4. The number of carbonyl (C=O) groups excluding carboxylic acids is 1. The lowest BCUT2D eigenvalue weighted by atomic mass is 10.1. The second kappa shape index (κ2) is 5.33. The summed E-state index contributed by atoms with van der Waals surface area (Å²) in [7, 11) is 0. The number of rotatable bonds is 2. The fourth-order valence-corrected chi connectivity index (χ4v) is 1.96. The van der Waals surface area contributed by atoms with Crippen LogP contribution in [0, 0.1) is 13.8 Å². The molecule has 2 aromatic carbocycles. The van der Waals surface area contributed by atoms with Crippen LogP contribution < -0.4 is 5.32 Å². The third-order valence-electron chi connectivity index (χ3n) is 2.98. The maximum atomic E-state index is 12.1. The van der Waals surface area contributed by atoms with Crippen LogP contribution in [0.4, 0.5) is 5.69 Å². The van der Waals surface area contributed by atoms with Crippen LogP contribution in [-0.4, -0.2) is 11.0 Å². The van der Waals surface area contributed by atoms with Gasteiger partial charge in [0, 0.05) is 0 Å². The molecule has 0 bridgehead atoms. The van der Waals surface area contributed by atoms with Crippen molar-refractivity contribution < 1.29 is 9.90 Å². The van der Waals surface area contributed by atoms with E-state index in [1.807, 2.05) is 13.8 Å². The smallest absolute Gasteiger partial charge is 0.257 e. The number of halogens is 1. The van der Waals surface area contributed by atoms with Crippen LogP contribution in [0.1, 0.15) is 21.5 Å². The second-order valence-electron chi connectivity index (χ2n) is 4.39. The molecule has 1 amide bonds. The topological polar surface area (TPSA) is 49.3 Å². The zero-order valence-corrected chi connectivity index (χ0v) is 11.5. The molecule has 0 saturated heterocycles. The van der Waals surface area contributed by atoms with Crippen molar-refractivity contribution in [2.45, 2.75) is 13.8 Å². The Morgan fingerprint density at radius 2 is 1.79 bits per heavy atom. The van der Waals surface area contributed by atoms with Crippen molar-refractivity contribution in [3.05, 3.63) is 58.1 Å². The zero-order chi connectivity index (χ0) is 14.0. The monoisotopic (exact) mass is 275 g/mol. The maximum Gasteiger partial charge on any atom is 0.257 e. The first-order chi connectivity index (χ1) is 8.99. The number of carbonyl (C=O) groups is 1. The second-order valence-corrected chi connectivity index (χ2v) is 4.79. The van der Waals surface area contributed by atoms with Crippen LogP contribution in [0.25, 0.3) is 0 Å². The molecule has 3 nitrogen and oxygen atoms in total. The summed E-state index contributed by atoms with van der Waals surface area (Å²) in [5.74, 6) is -0.298. The highest BCUT2D eigenvalue weighted by Crippen LogP contribution is 2.27. The highest BCUT2D eigenvalue weighted by molar-refractivity contribution is 6.34. The minimum absolute atomic E-state index is 0.0449. The summed E-state index contributed by atoms with van der Waals surface area (Å²) < 4.78 is 0. The molecule has 19 heavy (non-hydrogen) atoms. The van der Waals surface area contributed by atoms with Crippen molar-refractivity contribution in [1.82, 2.24) is 0 Å². The van der Waals surface area contributed by atoms with Gasteiger partial charge in [-0.15, -0.1) is 0 Å². The highest BCUT2D eigenvalue weighted by Gasteiger charge is 2.12. The van der Waals surface area contributed by atoms with E-state index in [1.54, 1.807) is 36.4 Å². The molecule has 4 heteroatoms. The first-order valence-electron chi connectivity index (χ1n) is 5.85. The average Bonchev–Trinajstić information content (AvgIpc) is 2.36. The summed E-state index contributed by atoms with van der Waals surface area (Å²) in [5.41, 5.74) is 2.72. The van der Waals surface area contributed by atoms with E-state index in [0.29, 0.717) is 16.3 Å². The van der Waals surface area contributed by atoms with Crippen molar-refractivity contribution >= 4 is 23.2 Å². The Balaban J connectivity index is 2.30. The van der Waals surface area contributed by atoms with Gasteiger partial charge in [-0.25, -0.2) is 0 Å². The molecule has 2 N–H and O–H groups in total. The predicted octanol–water partition coefficient (Wildman–Crippen LogP) is 3.91. The van der Waals surface area contributed by atoms with Gasteiger partial charge in [0.2, 0.25) is 0 Å². The molecule has 98 valence electrons. The van der Waals surface area contributed by atoms with E-state index >= 15 is 0 Å². The quantitative estimate of drug-likeness (QED) is 0.816. The Hall–Kier alpha value is -2.00. The fourth-order valence-electron chi connectivity index (χ4n) is 1.74. The molecular weight excluding hydrogens is 262 g/mol. The minimum Gasteiger partial charge on any atom is -0.506 e. The van der Waals surface area contributed by atoms with E-state index in [1.165, 1.54) is 0 Å². The van der Waals surface area contributed by atoms with Gasteiger partial charge in [0.15, 0.2) is 0 Å². The number of hydrogen-bond acceptors (Lipinski definition) is 2. The van der Waals surface area contributed by atoms with E-state index < -0.39 is 0 Å². The van der Waals surface area contributed by atoms with Crippen molar-refractivity contribution in [1.29, 1.82) is 0 Å². The third kappa shape index (κ3) is 2.88. The number of anilines is 1. The third-order valence-corrected chi connectivity index (χ3v) is 3.31. The van der Waals surface area contributed by atoms with Crippen molar-refractivity contribution in [2.24, 2.45) is 0 Å². The van der Waals surface area contributed by atoms with Crippen LogP contribution >= 0.6 is 11.6 Å². The first-order valence-corrected chi connectivity index (χ1v) is 6.23. The van der Waals surface area contributed by atoms with E-state index in [2.05, 4.69) is 5.32 Å². The van der Waals surface area contributed by atoms with Gasteiger partial charge in [-0.2, -0.15) is 0 Å². The Kier molecular flexibility index (Phi) is 3.76.